The molecule has 2 heteroatoms. The van der Waals surface area contributed by atoms with Gasteiger partial charge in [0.1, 0.15) is 12.1 Å². The lowest BCUT2D eigenvalue weighted by Gasteiger charge is -2.24. The van der Waals surface area contributed by atoms with Crippen molar-refractivity contribution in [1.82, 2.24) is 0 Å². The van der Waals surface area contributed by atoms with Crippen molar-refractivity contribution in [2.75, 3.05) is 13.2 Å². The minimum absolute atomic E-state index is 0.593. The van der Waals surface area contributed by atoms with Crippen molar-refractivity contribution >= 4 is 0 Å². The highest BCUT2D eigenvalue weighted by atomic mass is 16.5. The van der Waals surface area contributed by atoms with Gasteiger partial charge in [-0.3, -0.25) is 0 Å². The fourth-order valence-electron chi connectivity index (χ4n) is 2.25. The highest BCUT2D eigenvalue weighted by Gasteiger charge is 2.29. The monoisotopic (exact) mass is 156 g/mol. The third kappa shape index (κ3) is 1.74. The molecule has 0 unspecified atom stereocenters. The lowest BCUT2D eigenvalue weighted by atomic mass is 9.98. The third-order valence-electron chi connectivity index (χ3n) is 2.90. The number of rotatable bonds is 1. The van der Waals surface area contributed by atoms with Crippen molar-refractivity contribution in [2.24, 2.45) is 0 Å². The molecular formula is C9H18NO+. The van der Waals surface area contributed by atoms with E-state index in [0.29, 0.717) is 6.10 Å². The Morgan fingerprint density at radius 3 is 2.73 bits per heavy atom. The summed E-state index contributed by atoms with van der Waals surface area (Å²) in [5.74, 6) is 0. The topological polar surface area (TPSA) is 25.8 Å². The van der Waals surface area contributed by atoms with E-state index in [1.165, 1.54) is 38.6 Å². The van der Waals surface area contributed by atoms with E-state index >= 15 is 0 Å². The van der Waals surface area contributed by atoms with Crippen LogP contribution < -0.4 is 5.32 Å². The zero-order valence-corrected chi connectivity index (χ0v) is 7.09. The van der Waals surface area contributed by atoms with E-state index in [1.54, 1.807) is 0 Å². The molecule has 11 heavy (non-hydrogen) atoms. The third-order valence-corrected chi connectivity index (χ3v) is 2.90. The number of quaternary nitrogens is 1. The molecule has 0 amide bonds. The fourth-order valence-corrected chi connectivity index (χ4v) is 2.25. The Bertz CT molecular complexity index is 115. The second-order valence-corrected chi connectivity index (χ2v) is 3.74. The summed E-state index contributed by atoms with van der Waals surface area (Å²) in [6.45, 7) is 2.33. The van der Waals surface area contributed by atoms with Gasteiger partial charge in [0.2, 0.25) is 0 Å². The fraction of sp³-hybridized carbons (Fsp3) is 1.00. The van der Waals surface area contributed by atoms with E-state index in [-0.39, 0.29) is 0 Å². The molecule has 2 heterocycles. The minimum Gasteiger partial charge on any atom is -0.372 e. The SMILES string of the molecule is C1CC[C@H]([C@@H]2CCCO2)[NH2+]C1. The number of hydrogen-bond acceptors (Lipinski definition) is 1. The molecule has 2 nitrogen and oxygen atoms in total. The molecular weight excluding hydrogens is 138 g/mol. The summed E-state index contributed by atoms with van der Waals surface area (Å²) in [6.07, 6.45) is 7.39. The molecule has 64 valence electrons. The highest BCUT2D eigenvalue weighted by Crippen LogP contribution is 2.18. The Balaban J connectivity index is 1.82. The van der Waals surface area contributed by atoms with Crippen molar-refractivity contribution in [3.8, 4) is 0 Å². The maximum atomic E-state index is 5.66. The van der Waals surface area contributed by atoms with E-state index in [9.17, 15) is 0 Å². The molecule has 0 aromatic carbocycles. The maximum absolute atomic E-state index is 5.66. The van der Waals surface area contributed by atoms with Gasteiger partial charge < -0.3 is 10.1 Å². The molecule has 2 aliphatic heterocycles. The summed E-state index contributed by atoms with van der Waals surface area (Å²) in [5.41, 5.74) is 0. The number of nitrogens with two attached hydrogens (primary N) is 1. The molecule has 0 aliphatic carbocycles. The van der Waals surface area contributed by atoms with Gasteiger partial charge in [0.25, 0.3) is 0 Å². The molecule has 2 rings (SSSR count). The molecule has 0 spiro atoms. The zero-order valence-electron chi connectivity index (χ0n) is 7.09. The van der Waals surface area contributed by atoms with Crippen LogP contribution in [0.25, 0.3) is 0 Å². The van der Waals surface area contributed by atoms with Crippen molar-refractivity contribution in [1.29, 1.82) is 0 Å². The van der Waals surface area contributed by atoms with Crippen molar-refractivity contribution in [3.63, 3.8) is 0 Å². The molecule has 2 fully saturated rings. The van der Waals surface area contributed by atoms with Crippen molar-refractivity contribution in [3.05, 3.63) is 0 Å². The van der Waals surface area contributed by atoms with Crippen LogP contribution in [0.5, 0.6) is 0 Å². The van der Waals surface area contributed by atoms with E-state index in [4.69, 9.17) is 4.74 Å². The van der Waals surface area contributed by atoms with Crippen LogP contribution >= 0.6 is 0 Å². The Morgan fingerprint density at radius 1 is 1.09 bits per heavy atom. The molecule has 0 radical (unpaired) electrons. The lowest BCUT2D eigenvalue weighted by molar-refractivity contribution is -0.704. The van der Waals surface area contributed by atoms with Crippen LogP contribution in [0, 0.1) is 0 Å². The summed E-state index contributed by atoms with van der Waals surface area (Å²) >= 11 is 0. The van der Waals surface area contributed by atoms with Gasteiger partial charge in [-0.15, -0.1) is 0 Å². The molecule has 0 saturated carbocycles. The predicted molar refractivity (Wildman–Crippen MR) is 43.4 cm³/mol. The van der Waals surface area contributed by atoms with Crippen molar-refractivity contribution < 1.29 is 10.1 Å². The van der Waals surface area contributed by atoms with Gasteiger partial charge in [-0.1, -0.05) is 0 Å². The first-order chi connectivity index (χ1) is 5.47. The molecule has 0 aromatic heterocycles. The van der Waals surface area contributed by atoms with Crippen LogP contribution in [-0.2, 0) is 4.74 Å². The second-order valence-electron chi connectivity index (χ2n) is 3.74. The van der Waals surface area contributed by atoms with Crippen LogP contribution in [-0.4, -0.2) is 25.3 Å². The van der Waals surface area contributed by atoms with Crippen LogP contribution in [0.3, 0.4) is 0 Å². The van der Waals surface area contributed by atoms with Gasteiger partial charge in [0.05, 0.1) is 6.54 Å². The van der Waals surface area contributed by atoms with E-state index in [2.05, 4.69) is 5.32 Å². The Morgan fingerprint density at radius 2 is 2.09 bits per heavy atom. The average Bonchev–Trinajstić information content (AvgIpc) is 2.58. The van der Waals surface area contributed by atoms with Gasteiger partial charge in [0, 0.05) is 13.0 Å². The summed E-state index contributed by atoms with van der Waals surface area (Å²) in [4.78, 5) is 0. The molecule has 0 bridgehead atoms. The van der Waals surface area contributed by atoms with Crippen LogP contribution in [0.15, 0.2) is 0 Å². The summed E-state index contributed by atoms with van der Waals surface area (Å²) in [6, 6.07) is 0.797. The highest BCUT2D eigenvalue weighted by molar-refractivity contribution is 4.74. The molecule has 2 saturated heterocycles. The van der Waals surface area contributed by atoms with Gasteiger partial charge >= 0.3 is 0 Å². The minimum atomic E-state index is 0.593. The largest absolute Gasteiger partial charge is 0.372 e. The molecule has 2 N–H and O–H groups in total. The van der Waals surface area contributed by atoms with Crippen LogP contribution in [0.4, 0.5) is 0 Å². The molecule has 0 aromatic rings. The number of piperidine rings is 1. The summed E-state index contributed by atoms with van der Waals surface area (Å²) in [5, 5.41) is 2.49. The van der Waals surface area contributed by atoms with Crippen LogP contribution in [0.1, 0.15) is 32.1 Å². The van der Waals surface area contributed by atoms with Gasteiger partial charge in [-0.05, 0) is 25.7 Å². The molecule has 2 aliphatic rings. The summed E-state index contributed by atoms with van der Waals surface area (Å²) < 4.78 is 5.66. The maximum Gasteiger partial charge on any atom is 0.112 e. The Labute approximate surface area is 68.3 Å². The Hall–Kier alpha value is -0.0800. The van der Waals surface area contributed by atoms with Gasteiger partial charge in [0.15, 0.2) is 0 Å². The van der Waals surface area contributed by atoms with E-state index in [1.807, 2.05) is 0 Å². The first-order valence-corrected chi connectivity index (χ1v) is 4.92. The Kier molecular flexibility index (Phi) is 2.44. The van der Waals surface area contributed by atoms with Gasteiger partial charge in [-0.2, -0.15) is 0 Å². The first kappa shape index (κ1) is 7.56. The summed E-state index contributed by atoms with van der Waals surface area (Å²) in [7, 11) is 0. The predicted octanol–water partition coefficient (Wildman–Crippen LogP) is 0.281. The molecule has 2 atom stereocenters. The number of hydrogen-bond donors (Lipinski definition) is 1. The smallest absolute Gasteiger partial charge is 0.112 e. The number of ether oxygens (including phenoxy) is 1. The van der Waals surface area contributed by atoms with Gasteiger partial charge in [-0.25, -0.2) is 0 Å². The standard InChI is InChI=1S/C9H17NO/c1-2-6-10-8(4-1)9-5-3-7-11-9/h8-10H,1-7H2/p+1/t8-,9+/m1/s1. The van der Waals surface area contributed by atoms with Crippen molar-refractivity contribution in [2.45, 2.75) is 44.2 Å². The second kappa shape index (κ2) is 3.55. The normalized spacial score (nSPS) is 39.3. The van der Waals surface area contributed by atoms with E-state index < -0.39 is 0 Å². The first-order valence-electron chi connectivity index (χ1n) is 4.92. The lowest BCUT2D eigenvalue weighted by Crippen LogP contribution is -2.93. The zero-order chi connectivity index (χ0) is 7.52. The van der Waals surface area contributed by atoms with E-state index in [0.717, 1.165) is 12.6 Å². The quantitative estimate of drug-likeness (QED) is 0.580. The average molecular weight is 156 g/mol. The van der Waals surface area contributed by atoms with Crippen LogP contribution in [0.2, 0.25) is 0 Å².